The lowest BCUT2D eigenvalue weighted by molar-refractivity contribution is 0.785. The Morgan fingerprint density at radius 1 is 1.14 bits per heavy atom. The quantitative estimate of drug-likeness (QED) is 0.683. The molecule has 0 saturated carbocycles. The average molecular weight is 301 g/mol. The van der Waals surface area contributed by atoms with E-state index in [2.05, 4.69) is 46.3 Å². The summed E-state index contributed by atoms with van der Waals surface area (Å²) in [6, 6.07) is 8.50. The molecule has 3 rings (SSSR count). The van der Waals surface area contributed by atoms with Crippen LogP contribution in [0.4, 0.5) is 0 Å². The highest BCUT2D eigenvalue weighted by atomic mass is 35.5. The van der Waals surface area contributed by atoms with Crippen LogP contribution in [0.3, 0.4) is 0 Å². The molecule has 0 aliphatic heterocycles. The zero-order valence-electron chi connectivity index (χ0n) is 12.2. The van der Waals surface area contributed by atoms with E-state index in [0.29, 0.717) is 0 Å². The molecule has 0 spiro atoms. The molecule has 2 heterocycles. The molecule has 1 aromatic carbocycles. The second-order valence-corrected chi connectivity index (χ2v) is 5.49. The first-order valence-electron chi connectivity index (χ1n) is 7.13. The van der Waals surface area contributed by atoms with Crippen molar-refractivity contribution in [2.75, 3.05) is 0 Å². The summed E-state index contributed by atoms with van der Waals surface area (Å²) in [5.74, 6) is 0. The minimum Gasteiger partial charge on any atom is -0.250 e. The Balaban J connectivity index is 2.03. The van der Waals surface area contributed by atoms with Crippen molar-refractivity contribution in [1.29, 1.82) is 0 Å². The van der Waals surface area contributed by atoms with Crippen LogP contribution < -0.4 is 0 Å². The topological polar surface area (TPSA) is 43.6 Å². The lowest BCUT2D eigenvalue weighted by atomic mass is 10.0. The Kier molecular flexibility index (Phi) is 3.88. The number of aromatic nitrogens is 4. The van der Waals surface area contributed by atoms with Gasteiger partial charge in [0.25, 0.3) is 0 Å². The summed E-state index contributed by atoms with van der Waals surface area (Å²) in [5, 5.41) is 5.40. The Morgan fingerprint density at radius 3 is 2.62 bits per heavy atom. The largest absolute Gasteiger partial charge is 0.250 e. The molecule has 0 fully saturated rings. The van der Waals surface area contributed by atoms with E-state index in [1.807, 2.05) is 7.05 Å². The van der Waals surface area contributed by atoms with Crippen LogP contribution in [0.25, 0.3) is 22.3 Å². The Labute approximate surface area is 128 Å². The van der Waals surface area contributed by atoms with Crippen molar-refractivity contribution < 1.29 is 0 Å². The molecule has 0 aliphatic carbocycles. The molecule has 108 valence electrons. The van der Waals surface area contributed by atoms with E-state index in [4.69, 9.17) is 11.6 Å². The van der Waals surface area contributed by atoms with Gasteiger partial charge in [0.2, 0.25) is 5.28 Å². The van der Waals surface area contributed by atoms with Gasteiger partial charge in [-0.15, -0.1) is 0 Å². The monoisotopic (exact) mass is 300 g/mol. The summed E-state index contributed by atoms with van der Waals surface area (Å²) in [4.78, 5) is 8.61. The Morgan fingerprint density at radius 2 is 1.90 bits per heavy atom. The van der Waals surface area contributed by atoms with E-state index in [9.17, 15) is 0 Å². The molecule has 0 atom stereocenters. The van der Waals surface area contributed by atoms with Gasteiger partial charge in [0.15, 0.2) is 5.65 Å². The highest BCUT2D eigenvalue weighted by Crippen LogP contribution is 2.27. The summed E-state index contributed by atoms with van der Waals surface area (Å²) in [7, 11) is 1.85. The van der Waals surface area contributed by atoms with Crippen molar-refractivity contribution in [1.82, 2.24) is 19.7 Å². The van der Waals surface area contributed by atoms with Gasteiger partial charge < -0.3 is 0 Å². The van der Waals surface area contributed by atoms with Gasteiger partial charge in [0.1, 0.15) is 0 Å². The summed E-state index contributed by atoms with van der Waals surface area (Å²) in [6.07, 6.45) is 5.32. The minimum atomic E-state index is 0.246. The van der Waals surface area contributed by atoms with Crippen LogP contribution in [0, 0.1) is 0 Å². The van der Waals surface area contributed by atoms with Gasteiger partial charge in [-0.3, -0.25) is 4.68 Å². The molecule has 0 amide bonds. The zero-order chi connectivity index (χ0) is 14.8. The molecule has 0 N–H and O–H groups in total. The van der Waals surface area contributed by atoms with Gasteiger partial charge in [0, 0.05) is 12.6 Å². The number of fused-ring (bicyclic) bond motifs is 1. The predicted octanol–water partition coefficient (Wildman–Crippen LogP) is 4.03. The van der Waals surface area contributed by atoms with Crippen molar-refractivity contribution in [2.45, 2.75) is 26.2 Å². The molecular formula is C16H17ClN4. The predicted molar refractivity (Wildman–Crippen MR) is 85.4 cm³/mol. The fraction of sp³-hybridized carbons (Fsp3) is 0.312. The van der Waals surface area contributed by atoms with Gasteiger partial charge >= 0.3 is 0 Å². The van der Waals surface area contributed by atoms with Gasteiger partial charge in [0.05, 0.1) is 17.3 Å². The van der Waals surface area contributed by atoms with E-state index >= 15 is 0 Å². The lowest BCUT2D eigenvalue weighted by Gasteiger charge is -2.05. The summed E-state index contributed by atoms with van der Waals surface area (Å²) in [6.45, 7) is 2.20. The van der Waals surface area contributed by atoms with E-state index in [1.54, 1.807) is 10.9 Å². The number of hydrogen-bond donors (Lipinski definition) is 0. The van der Waals surface area contributed by atoms with Gasteiger partial charge in [-0.05, 0) is 30.0 Å². The number of halogens is 1. The first-order valence-corrected chi connectivity index (χ1v) is 7.51. The standard InChI is InChI=1S/C16H17ClN4/c1-3-4-5-11-6-8-12(9-7-11)14-13-10-18-21(2)15(13)20-16(17)19-14/h6-10H,3-5H2,1-2H3. The van der Waals surface area contributed by atoms with Crippen LogP contribution in [0.5, 0.6) is 0 Å². The van der Waals surface area contributed by atoms with E-state index < -0.39 is 0 Å². The maximum absolute atomic E-state index is 6.04. The van der Waals surface area contributed by atoms with Crippen LogP contribution >= 0.6 is 11.6 Å². The number of rotatable bonds is 4. The first kappa shape index (κ1) is 14.0. The number of hydrogen-bond acceptors (Lipinski definition) is 3. The fourth-order valence-corrected chi connectivity index (χ4v) is 2.59. The molecule has 5 heteroatoms. The second kappa shape index (κ2) is 5.82. The molecule has 0 saturated heterocycles. The third-order valence-corrected chi connectivity index (χ3v) is 3.78. The third kappa shape index (κ3) is 2.76. The minimum absolute atomic E-state index is 0.246. The average Bonchev–Trinajstić information content (AvgIpc) is 2.86. The summed E-state index contributed by atoms with van der Waals surface area (Å²) < 4.78 is 1.71. The molecule has 21 heavy (non-hydrogen) atoms. The summed E-state index contributed by atoms with van der Waals surface area (Å²) in [5.41, 5.74) is 3.97. The van der Waals surface area contributed by atoms with Crippen LogP contribution in [-0.4, -0.2) is 19.7 Å². The van der Waals surface area contributed by atoms with Crippen molar-refractivity contribution >= 4 is 22.6 Å². The van der Waals surface area contributed by atoms with E-state index in [0.717, 1.165) is 28.7 Å². The van der Waals surface area contributed by atoms with Crippen LogP contribution in [0.1, 0.15) is 25.3 Å². The number of benzene rings is 1. The maximum atomic E-state index is 6.04. The van der Waals surface area contributed by atoms with Gasteiger partial charge in [-0.1, -0.05) is 37.6 Å². The molecule has 3 aromatic rings. The summed E-state index contributed by atoms with van der Waals surface area (Å²) >= 11 is 6.04. The lowest BCUT2D eigenvalue weighted by Crippen LogP contribution is -1.95. The third-order valence-electron chi connectivity index (χ3n) is 3.61. The van der Waals surface area contributed by atoms with Crippen molar-refractivity contribution in [3.63, 3.8) is 0 Å². The Bertz CT molecular complexity index is 762. The Hall–Kier alpha value is -1.94. The number of nitrogens with zero attached hydrogens (tertiary/aromatic N) is 4. The number of aryl methyl sites for hydroxylation is 2. The van der Waals surface area contributed by atoms with Gasteiger partial charge in [-0.2, -0.15) is 10.1 Å². The van der Waals surface area contributed by atoms with Crippen molar-refractivity contribution in [2.24, 2.45) is 7.05 Å². The van der Waals surface area contributed by atoms with E-state index in [1.165, 1.54) is 18.4 Å². The number of unbranched alkanes of at least 4 members (excludes halogenated alkanes) is 1. The molecular weight excluding hydrogens is 284 g/mol. The van der Waals surface area contributed by atoms with Crippen molar-refractivity contribution in [3.8, 4) is 11.3 Å². The normalized spacial score (nSPS) is 11.2. The second-order valence-electron chi connectivity index (χ2n) is 5.15. The molecule has 2 aromatic heterocycles. The maximum Gasteiger partial charge on any atom is 0.225 e. The van der Waals surface area contributed by atoms with Crippen LogP contribution in [-0.2, 0) is 13.5 Å². The SMILES string of the molecule is CCCCc1ccc(-c2nc(Cl)nc3c2cnn3C)cc1. The van der Waals surface area contributed by atoms with Crippen LogP contribution in [0.15, 0.2) is 30.5 Å². The fourth-order valence-electron chi connectivity index (χ4n) is 2.43. The molecule has 0 bridgehead atoms. The van der Waals surface area contributed by atoms with Crippen molar-refractivity contribution in [3.05, 3.63) is 41.3 Å². The molecule has 0 radical (unpaired) electrons. The molecule has 4 nitrogen and oxygen atoms in total. The zero-order valence-corrected chi connectivity index (χ0v) is 12.9. The highest BCUT2D eigenvalue weighted by molar-refractivity contribution is 6.28. The first-order chi connectivity index (χ1) is 10.2. The van der Waals surface area contributed by atoms with Crippen LogP contribution in [0.2, 0.25) is 5.28 Å². The molecule has 0 aliphatic rings. The molecule has 0 unspecified atom stereocenters. The van der Waals surface area contributed by atoms with E-state index in [-0.39, 0.29) is 5.28 Å². The highest BCUT2D eigenvalue weighted by Gasteiger charge is 2.12. The van der Waals surface area contributed by atoms with Gasteiger partial charge in [-0.25, -0.2) is 4.98 Å². The smallest absolute Gasteiger partial charge is 0.225 e.